The fraction of sp³-hybridized carbons (Fsp3) is 0.125. The molecule has 0 spiro atoms. The number of aromatic nitrogens is 3. The first kappa shape index (κ1) is 7.72. The van der Waals surface area contributed by atoms with Crippen LogP contribution in [0, 0.1) is 6.92 Å². The van der Waals surface area contributed by atoms with Gasteiger partial charge in [0.1, 0.15) is 11.6 Å². The molecule has 0 aliphatic rings. The summed E-state index contributed by atoms with van der Waals surface area (Å²) in [6.07, 6.45) is 0. The topological polar surface area (TPSA) is 79.6 Å². The molecule has 68 valence electrons. The summed E-state index contributed by atoms with van der Waals surface area (Å²) >= 11 is 0. The number of nitrogens with one attached hydrogen (secondary N) is 2. The summed E-state index contributed by atoms with van der Waals surface area (Å²) in [4.78, 5) is 14.2. The molecule has 0 aliphatic carbocycles. The van der Waals surface area contributed by atoms with Crippen molar-refractivity contribution in [1.82, 2.24) is 14.8 Å². The Labute approximate surface area is 74.2 Å². The lowest BCUT2D eigenvalue weighted by Crippen LogP contribution is -2.13. The van der Waals surface area contributed by atoms with Crippen molar-refractivity contribution in [1.29, 1.82) is 0 Å². The Balaban J connectivity index is 2.58. The van der Waals surface area contributed by atoms with Gasteiger partial charge in [-0.2, -0.15) is 0 Å². The first-order valence-electron chi connectivity index (χ1n) is 3.90. The normalized spacial score (nSPS) is 10.5. The van der Waals surface area contributed by atoms with Gasteiger partial charge in [0.05, 0.1) is 0 Å². The Bertz CT molecular complexity index is 476. The molecule has 0 unspecified atom stereocenters. The van der Waals surface area contributed by atoms with E-state index in [-0.39, 0.29) is 5.56 Å². The van der Waals surface area contributed by atoms with Crippen molar-refractivity contribution in [3.8, 4) is 5.82 Å². The molecule has 0 bridgehead atoms. The van der Waals surface area contributed by atoms with Crippen molar-refractivity contribution in [2.45, 2.75) is 6.92 Å². The van der Waals surface area contributed by atoms with E-state index in [0.29, 0.717) is 11.6 Å². The monoisotopic (exact) mass is 178 g/mol. The smallest absolute Gasteiger partial charge is 0.272 e. The van der Waals surface area contributed by atoms with Gasteiger partial charge in [0.2, 0.25) is 0 Å². The number of aromatic amines is 2. The zero-order valence-corrected chi connectivity index (χ0v) is 7.16. The number of hydrogen-bond acceptors (Lipinski definition) is 2. The summed E-state index contributed by atoms with van der Waals surface area (Å²) in [5, 5.41) is 2.89. The average Bonchev–Trinajstić information content (AvgIpc) is 2.58. The maximum Gasteiger partial charge on any atom is 0.272 e. The molecule has 0 amide bonds. The molecular formula is C8H10N4O. The molecule has 0 radical (unpaired) electrons. The van der Waals surface area contributed by atoms with E-state index in [1.807, 2.05) is 6.92 Å². The highest BCUT2D eigenvalue weighted by atomic mass is 16.1. The van der Waals surface area contributed by atoms with Crippen LogP contribution < -0.4 is 11.3 Å². The number of aryl methyl sites for hydroxylation is 1. The first-order valence-corrected chi connectivity index (χ1v) is 3.90. The van der Waals surface area contributed by atoms with Crippen molar-refractivity contribution in [2.24, 2.45) is 0 Å². The highest BCUT2D eigenvalue weighted by molar-refractivity contribution is 5.38. The van der Waals surface area contributed by atoms with Crippen LogP contribution in [0.5, 0.6) is 0 Å². The lowest BCUT2D eigenvalue weighted by atomic mass is 10.5. The molecule has 0 aromatic carbocycles. The summed E-state index contributed by atoms with van der Waals surface area (Å²) in [6, 6.07) is 4.97. The highest BCUT2D eigenvalue weighted by Gasteiger charge is 2.03. The fourth-order valence-electron chi connectivity index (χ4n) is 1.22. The van der Waals surface area contributed by atoms with Crippen LogP contribution >= 0.6 is 0 Å². The van der Waals surface area contributed by atoms with Crippen LogP contribution in [0.3, 0.4) is 0 Å². The predicted molar refractivity (Wildman–Crippen MR) is 49.9 cm³/mol. The molecule has 2 aromatic rings. The molecule has 2 heterocycles. The summed E-state index contributed by atoms with van der Waals surface area (Å²) in [5.41, 5.74) is 6.21. The third kappa shape index (κ3) is 1.24. The molecule has 5 heteroatoms. The maximum atomic E-state index is 11.3. The number of nitrogen functional groups attached to an aromatic ring is 1. The minimum absolute atomic E-state index is 0.0978. The second kappa shape index (κ2) is 2.55. The molecular weight excluding hydrogens is 168 g/mol. The van der Waals surface area contributed by atoms with Gasteiger partial charge in [0.25, 0.3) is 5.56 Å². The molecule has 0 saturated heterocycles. The van der Waals surface area contributed by atoms with Crippen LogP contribution in [0.2, 0.25) is 0 Å². The van der Waals surface area contributed by atoms with E-state index in [9.17, 15) is 4.79 Å². The molecule has 2 aromatic heterocycles. The fourth-order valence-corrected chi connectivity index (χ4v) is 1.22. The number of nitrogens with zero attached hydrogens (tertiary/aromatic N) is 1. The van der Waals surface area contributed by atoms with Crippen molar-refractivity contribution in [3.05, 3.63) is 34.2 Å². The van der Waals surface area contributed by atoms with Crippen LogP contribution in [0.4, 0.5) is 5.82 Å². The van der Waals surface area contributed by atoms with Crippen molar-refractivity contribution < 1.29 is 0 Å². The second-order valence-electron chi connectivity index (χ2n) is 2.91. The lowest BCUT2D eigenvalue weighted by molar-refractivity contribution is 0.814. The molecule has 0 aliphatic heterocycles. The summed E-state index contributed by atoms with van der Waals surface area (Å²) < 4.78 is 1.41. The van der Waals surface area contributed by atoms with Gasteiger partial charge in [-0.15, -0.1) is 0 Å². The van der Waals surface area contributed by atoms with Crippen LogP contribution in [-0.4, -0.2) is 14.8 Å². The van der Waals surface area contributed by atoms with E-state index in [2.05, 4.69) is 10.1 Å². The minimum Gasteiger partial charge on any atom is -0.385 e. The van der Waals surface area contributed by atoms with Gasteiger partial charge < -0.3 is 10.7 Å². The van der Waals surface area contributed by atoms with Crippen LogP contribution in [0.25, 0.3) is 5.82 Å². The third-order valence-electron chi connectivity index (χ3n) is 1.78. The number of anilines is 1. The Kier molecular flexibility index (Phi) is 1.51. The van der Waals surface area contributed by atoms with E-state index < -0.39 is 0 Å². The molecule has 0 atom stereocenters. The largest absolute Gasteiger partial charge is 0.385 e. The molecule has 0 saturated carbocycles. The van der Waals surface area contributed by atoms with Gasteiger partial charge in [-0.05, 0) is 19.1 Å². The quantitative estimate of drug-likeness (QED) is 0.590. The van der Waals surface area contributed by atoms with Crippen molar-refractivity contribution in [3.63, 3.8) is 0 Å². The van der Waals surface area contributed by atoms with Gasteiger partial charge in [-0.1, -0.05) is 0 Å². The Hall–Kier alpha value is -1.91. The van der Waals surface area contributed by atoms with Crippen LogP contribution in [0.15, 0.2) is 23.0 Å². The van der Waals surface area contributed by atoms with Crippen molar-refractivity contribution in [2.75, 3.05) is 5.73 Å². The highest BCUT2D eigenvalue weighted by Crippen LogP contribution is 2.05. The minimum atomic E-state index is -0.0978. The molecule has 13 heavy (non-hydrogen) atoms. The Morgan fingerprint density at radius 3 is 2.69 bits per heavy atom. The average molecular weight is 178 g/mol. The third-order valence-corrected chi connectivity index (χ3v) is 1.78. The van der Waals surface area contributed by atoms with E-state index >= 15 is 0 Å². The van der Waals surface area contributed by atoms with Gasteiger partial charge >= 0.3 is 0 Å². The first-order chi connectivity index (χ1) is 6.16. The summed E-state index contributed by atoms with van der Waals surface area (Å²) in [5.74, 6) is 1.18. The summed E-state index contributed by atoms with van der Waals surface area (Å²) in [6.45, 7) is 1.82. The van der Waals surface area contributed by atoms with E-state index in [1.54, 1.807) is 12.1 Å². The van der Waals surface area contributed by atoms with Gasteiger partial charge in [0.15, 0.2) is 0 Å². The number of rotatable bonds is 1. The van der Waals surface area contributed by atoms with E-state index in [1.165, 1.54) is 10.7 Å². The maximum absolute atomic E-state index is 11.3. The number of H-pyrrole nitrogens is 2. The molecule has 2 rings (SSSR count). The molecule has 5 nitrogen and oxygen atoms in total. The van der Waals surface area contributed by atoms with Gasteiger partial charge in [-0.25, -0.2) is 4.68 Å². The van der Waals surface area contributed by atoms with Gasteiger partial charge in [0, 0.05) is 11.8 Å². The Morgan fingerprint density at radius 2 is 2.23 bits per heavy atom. The van der Waals surface area contributed by atoms with Crippen molar-refractivity contribution >= 4 is 5.82 Å². The van der Waals surface area contributed by atoms with Crippen LogP contribution in [0.1, 0.15) is 5.69 Å². The van der Waals surface area contributed by atoms with Crippen LogP contribution in [-0.2, 0) is 0 Å². The lowest BCUT2D eigenvalue weighted by Gasteiger charge is -1.95. The second-order valence-corrected chi connectivity index (χ2v) is 2.91. The Morgan fingerprint density at radius 1 is 1.46 bits per heavy atom. The molecule has 4 N–H and O–H groups in total. The molecule has 0 fully saturated rings. The summed E-state index contributed by atoms with van der Waals surface area (Å²) in [7, 11) is 0. The SMILES string of the molecule is Cc1cc(=O)n(-c2ccc(N)[nH]2)[nH]1. The number of nitrogens with two attached hydrogens (primary N) is 1. The zero-order valence-electron chi connectivity index (χ0n) is 7.16. The van der Waals surface area contributed by atoms with E-state index in [4.69, 9.17) is 5.73 Å². The zero-order chi connectivity index (χ0) is 9.42. The van der Waals surface area contributed by atoms with Gasteiger partial charge in [-0.3, -0.25) is 9.89 Å². The predicted octanol–water partition coefficient (Wildman–Crippen LogP) is 0.384. The van der Waals surface area contributed by atoms with E-state index in [0.717, 1.165) is 5.69 Å². The number of hydrogen-bond donors (Lipinski definition) is 3. The standard InChI is InChI=1S/C8H10N4O/c1-5-4-8(13)12(11-5)7-3-2-6(9)10-7/h2-4,10-11H,9H2,1H3.